The number of hydrogen-bond donors (Lipinski definition) is 6. The third-order valence-electron chi connectivity index (χ3n) is 22.9. The molecule has 125 heavy (non-hydrogen) atoms. The maximum Gasteiger partial charge on any atom is 0.243 e. The van der Waals surface area contributed by atoms with Gasteiger partial charge in [-0.25, -0.2) is 0 Å². The van der Waals surface area contributed by atoms with Crippen LogP contribution in [0.2, 0.25) is 0 Å². The summed E-state index contributed by atoms with van der Waals surface area (Å²) in [6.45, 7) is 7.10. The van der Waals surface area contributed by atoms with Crippen LogP contribution in [-0.4, -0.2) is 256 Å². The molecule has 12 amide bonds. The molecule has 29 nitrogen and oxygen atoms in total. The van der Waals surface area contributed by atoms with Gasteiger partial charge in [-0.05, 0) is 99.9 Å². The fourth-order valence-corrected chi connectivity index (χ4v) is 15.2. The molecular formula is C96H123N17O12. The molecule has 0 aliphatic carbocycles. The number of hydrogen-bond acceptors (Lipinski definition) is 17. The van der Waals surface area contributed by atoms with Crippen LogP contribution < -0.4 is 34.0 Å². The molecule has 664 valence electrons. The third-order valence-corrected chi connectivity index (χ3v) is 22.9. The maximum absolute atomic E-state index is 15.8. The van der Waals surface area contributed by atoms with E-state index >= 15 is 43.2 Å². The van der Waals surface area contributed by atoms with Crippen LogP contribution in [0.15, 0.2) is 243 Å². The Balaban J connectivity index is 1.08. The minimum absolute atomic E-state index is 0.111. The molecule has 29 heteroatoms. The van der Waals surface area contributed by atoms with Crippen molar-refractivity contribution in [3.05, 3.63) is 287 Å². The highest BCUT2D eigenvalue weighted by Crippen LogP contribution is 2.31. The van der Waals surface area contributed by atoms with Crippen LogP contribution >= 0.6 is 0 Å². The molecule has 8 atom stereocenters. The Morgan fingerprint density at radius 2 is 0.384 bits per heavy atom. The molecule has 0 aromatic heterocycles. The summed E-state index contributed by atoms with van der Waals surface area (Å²) >= 11 is 0. The van der Waals surface area contributed by atoms with Gasteiger partial charge < -0.3 is 87.9 Å². The van der Waals surface area contributed by atoms with Gasteiger partial charge in [0.15, 0.2) is 0 Å². The number of carbonyl (C=O) groups excluding carboxylic acids is 12. The summed E-state index contributed by atoms with van der Waals surface area (Å²) in [5, 5.41) is 3.04. The van der Waals surface area contributed by atoms with Crippen molar-refractivity contribution in [3.63, 3.8) is 0 Å². The van der Waals surface area contributed by atoms with Crippen molar-refractivity contribution in [2.45, 2.75) is 104 Å². The average molecular weight is 1710 g/mol. The van der Waals surface area contributed by atoms with E-state index in [4.69, 9.17) is 28.7 Å². The monoisotopic (exact) mass is 1710 g/mol. The number of carbonyl (C=O) groups is 12. The number of rotatable bonds is 48. The Bertz CT molecular complexity index is 4740. The van der Waals surface area contributed by atoms with Gasteiger partial charge in [-0.2, -0.15) is 0 Å². The van der Waals surface area contributed by atoms with E-state index in [1.165, 1.54) is 53.9 Å². The van der Waals surface area contributed by atoms with Crippen molar-refractivity contribution in [1.29, 1.82) is 0 Å². The highest BCUT2D eigenvalue weighted by molar-refractivity contribution is 5.96. The van der Waals surface area contributed by atoms with E-state index < -0.39 is 185 Å². The molecule has 0 saturated heterocycles. The SMILES string of the molecule is C[C@@H](c1ccccc1)N(CC(N)=O)C(=O)CN(C(=O)CN(CCN)C(=O)CN(C(=O)CN(C(=O)CN(CCN)C(=O)CN(C(=O)CN(C(=O)CN(CCN)C(=O)CN(C(=O)CN(C(=O)CNCCN)[C@@H](C)c1ccccc1)[C@@H](C)c1ccccc1)[C@@H](C)c1ccccc1)[C@@H](C)c1ccccc1)[C@@H](C)c1ccccc1)[C@@H](C)c1ccccc1)[C@@H](C)c1ccccc1. The van der Waals surface area contributed by atoms with E-state index in [2.05, 4.69) is 5.32 Å². The van der Waals surface area contributed by atoms with Crippen LogP contribution in [0.1, 0.15) is 148 Å². The predicted molar refractivity (Wildman–Crippen MR) is 481 cm³/mol. The van der Waals surface area contributed by atoms with Gasteiger partial charge in [0.05, 0.1) is 81.1 Å². The van der Waals surface area contributed by atoms with Gasteiger partial charge in [-0.15, -0.1) is 0 Å². The minimum Gasteiger partial charge on any atom is -0.368 e. The van der Waals surface area contributed by atoms with Crippen molar-refractivity contribution in [2.24, 2.45) is 28.7 Å². The molecule has 8 aromatic carbocycles. The lowest BCUT2D eigenvalue weighted by molar-refractivity contribution is -0.152. The summed E-state index contributed by atoms with van der Waals surface area (Å²) < 4.78 is 0. The van der Waals surface area contributed by atoms with Gasteiger partial charge >= 0.3 is 0 Å². The second kappa shape index (κ2) is 49.5. The topological polar surface area (TPSA) is 383 Å². The van der Waals surface area contributed by atoms with Gasteiger partial charge in [0.1, 0.15) is 45.8 Å². The lowest BCUT2D eigenvalue weighted by Gasteiger charge is -2.38. The molecular weight excluding hydrogens is 1580 g/mol. The van der Waals surface area contributed by atoms with E-state index in [1.54, 1.807) is 224 Å². The molecule has 0 aliphatic heterocycles. The zero-order chi connectivity index (χ0) is 90.7. The molecule has 8 aromatic rings. The van der Waals surface area contributed by atoms with E-state index in [0.29, 0.717) is 45.5 Å². The second-order valence-electron chi connectivity index (χ2n) is 31.1. The fraction of sp³-hybridized carbons (Fsp3) is 0.375. The number of benzene rings is 8. The molecule has 0 radical (unpaired) electrons. The molecule has 0 unspecified atom stereocenters. The highest BCUT2D eigenvalue weighted by atomic mass is 16.2. The van der Waals surface area contributed by atoms with E-state index in [-0.39, 0.29) is 58.3 Å². The van der Waals surface area contributed by atoms with Crippen LogP contribution in [0, 0.1) is 0 Å². The van der Waals surface area contributed by atoms with Gasteiger partial charge in [0.25, 0.3) is 0 Å². The number of nitrogens with two attached hydrogens (primary N) is 5. The molecule has 0 saturated carbocycles. The van der Waals surface area contributed by atoms with E-state index in [9.17, 15) is 14.4 Å². The quantitative estimate of drug-likeness (QED) is 0.0207. The third kappa shape index (κ3) is 28.1. The summed E-state index contributed by atoms with van der Waals surface area (Å²) in [7, 11) is 0. The van der Waals surface area contributed by atoms with Crippen LogP contribution in [0.3, 0.4) is 0 Å². The molecule has 0 heterocycles. The zero-order valence-corrected chi connectivity index (χ0v) is 73.1. The minimum atomic E-state index is -0.869. The highest BCUT2D eigenvalue weighted by Gasteiger charge is 2.39. The lowest BCUT2D eigenvalue weighted by atomic mass is 10.0. The van der Waals surface area contributed by atoms with E-state index in [1.807, 2.05) is 73.7 Å². The van der Waals surface area contributed by atoms with Crippen molar-refractivity contribution in [2.75, 3.05) is 131 Å². The first kappa shape index (κ1) is 97.6. The Kier molecular flexibility index (Phi) is 38.7. The summed E-state index contributed by atoms with van der Waals surface area (Å²) in [4.78, 5) is 195. The molecule has 8 rings (SSSR count). The Morgan fingerprint density at radius 1 is 0.224 bits per heavy atom. The Labute approximate surface area is 734 Å². The summed E-state index contributed by atoms with van der Waals surface area (Å²) in [6.07, 6.45) is 0. The first-order valence-corrected chi connectivity index (χ1v) is 42.5. The standard InChI is InChI=1S/C96H123N17O12/c1-69(77-33-17-9-18-34-77)106(58-85(101)114)93(122)66-111(74(6)82-43-27-14-28-44-82)90(119)59-103(54-50-98)88(117)63-109(72(4)80-39-23-12-24-40-80)95(124)68-113(76(8)84-47-31-16-32-48-84)92(121)61-105(56-52-100)89(118)64-110(73(5)81-41-25-13-26-42-81)96(125)67-112(75(7)83-45-29-15-30-46-83)91(120)60-104(55-51-99)87(116)62-108(71(3)79-37-21-11-22-38-79)94(123)65-107(86(115)57-102-53-49-97)70(2)78-35-19-10-20-36-78/h9-48,69-76,102H,49-68,97-100H2,1-8H3,(H2,101,114)/t69-,70-,71-,72-,73-,74-,75-,76-/m0/s1. The predicted octanol–water partition coefficient (Wildman–Crippen LogP) is 7.10. The summed E-state index contributed by atoms with van der Waals surface area (Å²) in [5.74, 6) is -7.87. The lowest BCUT2D eigenvalue weighted by Crippen LogP contribution is -2.54. The van der Waals surface area contributed by atoms with Crippen LogP contribution in [0.4, 0.5) is 0 Å². The normalized spacial score (nSPS) is 13.0. The van der Waals surface area contributed by atoms with Gasteiger partial charge in [-0.1, -0.05) is 243 Å². The summed E-state index contributed by atoms with van der Waals surface area (Å²) in [5.41, 5.74) is 35.6. The van der Waals surface area contributed by atoms with Gasteiger partial charge in [0, 0.05) is 52.4 Å². The fourth-order valence-electron chi connectivity index (χ4n) is 15.2. The summed E-state index contributed by atoms with van der Waals surface area (Å²) in [6, 6.07) is 65.8. The first-order valence-electron chi connectivity index (χ1n) is 42.5. The average Bonchev–Trinajstić information content (AvgIpc) is 0.822. The maximum atomic E-state index is 15.8. The number of nitrogens with zero attached hydrogens (tertiary/aromatic N) is 11. The van der Waals surface area contributed by atoms with Crippen molar-refractivity contribution in [3.8, 4) is 0 Å². The zero-order valence-electron chi connectivity index (χ0n) is 73.1. The van der Waals surface area contributed by atoms with E-state index in [0.717, 1.165) is 5.56 Å². The molecule has 0 aliphatic rings. The Hall–Kier alpha value is -12.8. The second-order valence-corrected chi connectivity index (χ2v) is 31.1. The van der Waals surface area contributed by atoms with Crippen LogP contribution in [-0.2, 0) is 57.5 Å². The van der Waals surface area contributed by atoms with Gasteiger partial charge in [0.2, 0.25) is 70.9 Å². The van der Waals surface area contributed by atoms with Crippen molar-refractivity contribution >= 4 is 70.9 Å². The van der Waals surface area contributed by atoms with Crippen molar-refractivity contribution in [1.82, 2.24) is 59.2 Å². The largest absolute Gasteiger partial charge is 0.368 e. The van der Waals surface area contributed by atoms with Crippen LogP contribution in [0.25, 0.3) is 0 Å². The molecule has 0 bridgehead atoms. The Morgan fingerprint density at radius 3 is 0.552 bits per heavy atom. The van der Waals surface area contributed by atoms with Crippen molar-refractivity contribution < 1.29 is 57.5 Å². The number of amides is 12. The first-order chi connectivity index (χ1) is 60.1. The molecule has 0 spiro atoms. The number of nitrogens with one attached hydrogen (secondary N) is 1. The molecule has 11 N–H and O–H groups in total. The number of primary amides is 1. The van der Waals surface area contributed by atoms with Crippen LogP contribution in [0.5, 0.6) is 0 Å². The smallest absolute Gasteiger partial charge is 0.243 e. The van der Waals surface area contributed by atoms with Gasteiger partial charge in [-0.3, -0.25) is 57.5 Å². The molecule has 0 fully saturated rings.